The van der Waals surface area contributed by atoms with Gasteiger partial charge in [0.1, 0.15) is 10.9 Å². The van der Waals surface area contributed by atoms with Crippen molar-refractivity contribution >= 4 is 40.1 Å². The highest BCUT2D eigenvalue weighted by atomic mass is 35.5. The van der Waals surface area contributed by atoms with E-state index in [9.17, 15) is 14.7 Å². The Balaban J connectivity index is 1.70. The number of fused-ring (bicyclic) bond motifs is 1. The monoisotopic (exact) mass is 478 g/mol. The molecule has 0 saturated carbocycles. The minimum absolute atomic E-state index is 0.0439. The molecule has 0 spiro atoms. The van der Waals surface area contributed by atoms with E-state index in [2.05, 4.69) is 10.1 Å². The van der Waals surface area contributed by atoms with Gasteiger partial charge in [0, 0.05) is 29.8 Å². The van der Waals surface area contributed by atoms with Gasteiger partial charge in [0.15, 0.2) is 0 Å². The summed E-state index contributed by atoms with van der Waals surface area (Å²) in [6.07, 6.45) is 0.508. The van der Waals surface area contributed by atoms with Crippen LogP contribution in [0.2, 0.25) is 5.15 Å². The van der Waals surface area contributed by atoms with Crippen LogP contribution in [0.5, 0.6) is 5.75 Å². The second-order valence-electron chi connectivity index (χ2n) is 8.25. The third-order valence-corrected chi connectivity index (χ3v) is 6.06. The molecule has 0 radical (unpaired) electrons. The first-order valence-electron chi connectivity index (χ1n) is 11.2. The van der Waals surface area contributed by atoms with Gasteiger partial charge in [-0.1, -0.05) is 41.4 Å². The van der Waals surface area contributed by atoms with Crippen molar-refractivity contribution in [1.29, 1.82) is 0 Å². The van der Waals surface area contributed by atoms with Crippen molar-refractivity contribution in [3.8, 4) is 5.75 Å². The van der Waals surface area contributed by atoms with E-state index in [1.165, 1.54) is 5.01 Å². The Bertz CT molecular complexity index is 1260. The molecule has 7 nitrogen and oxygen atoms in total. The Morgan fingerprint density at radius 2 is 1.91 bits per heavy atom. The number of hydrogen-bond donors (Lipinski definition) is 0. The maximum Gasteiger partial charge on any atom is 0.243 e. The molecule has 0 N–H and O–H groups in total. The van der Waals surface area contributed by atoms with Gasteiger partial charge in [0.2, 0.25) is 5.91 Å². The van der Waals surface area contributed by atoms with Crippen LogP contribution in [0.25, 0.3) is 10.9 Å². The molecule has 2 aromatic carbocycles. The number of aryl methyl sites for hydroxylation is 1. The average molecular weight is 479 g/mol. The molecule has 1 atom stereocenters. The highest BCUT2D eigenvalue weighted by Crippen LogP contribution is 2.38. The summed E-state index contributed by atoms with van der Waals surface area (Å²) in [5.74, 6) is -0.725. The lowest BCUT2D eigenvalue weighted by molar-refractivity contribution is -0.305. The van der Waals surface area contributed by atoms with E-state index < -0.39 is 12.0 Å². The van der Waals surface area contributed by atoms with Gasteiger partial charge in [-0.2, -0.15) is 5.10 Å². The molecule has 3 aromatic rings. The van der Waals surface area contributed by atoms with E-state index in [4.69, 9.17) is 16.3 Å². The number of carboxylic acids is 1. The molecule has 4 rings (SSSR count). The Kier molecular flexibility index (Phi) is 7.12. The van der Waals surface area contributed by atoms with E-state index in [1.54, 1.807) is 0 Å². The Hall–Kier alpha value is -3.45. The molecular weight excluding hydrogens is 454 g/mol. The van der Waals surface area contributed by atoms with Crippen molar-refractivity contribution < 1.29 is 19.4 Å². The number of rotatable bonds is 8. The Labute approximate surface area is 203 Å². The van der Waals surface area contributed by atoms with Crippen LogP contribution in [0.1, 0.15) is 55.3 Å². The molecule has 0 bridgehead atoms. The summed E-state index contributed by atoms with van der Waals surface area (Å²) in [6.45, 7) is 4.47. The van der Waals surface area contributed by atoms with Crippen LogP contribution in [-0.2, 0) is 9.59 Å². The van der Waals surface area contributed by atoms with Gasteiger partial charge >= 0.3 is 0 Å². The smallest absolute Gasteiger partial charge is 0.243 e. The number of carboxylic acid groups (broad SMARTS) is 1. The lowest BCUT2D eigenvalue weighted by Gasteiger charge is -2.23. The number of halogens is 1. The third-order valence-electron chi connectivity index (χ3n) is 5.76. The molecule has 1 unspecified atom stereocenters. The lowest BCUT2D eigenvalue weighted by atomic mass is 9.97. The zero-order valence-electron chi connectivity index (χ0n) is 19.1. The Morgan fingerprint density at radius 3 is 2.62 bits per heavy atom. The maximum atomic E-state index is 13.1. The molecule has 34 heavy (non-hydrogen) atoms. The highest BCUT2D eigenvalue weighted by Gasteiger charge is 2.34. The van der Waals surface area contributed by atoms with Gasteiger partial charge in [-0.05, 0) is 56.5 Å². The van der Waals surface area contributed by atoms with Gasteiger partial charge in [0.05, 0.1) is 23.9 Å². The molecule has 0 saturated heterocycles. The number of pyridine rings is 1. The highest BCUT2D eigenvalue weighted by molar-refractivity contribution is 6.30. The molecule has 2 heterocycles. The number of benzene rings is 2. The molecule has 1 aliphatic heterocycles. The first kappa shape index (κ1) is 23.7. The summed E-state index contributed by atoms with van der Waals surface area (Å²) >= 11 is 6.60. The summed E-state index contributed by atoms with van der Waals surface area (Å²) in [5.41, 5.74) is 4.21. The summed E-state index contributed by atoms with van der Waals surface area (Å²) in [7, 11) is 0. The number of hydrogen-bond acceptors (Lipinski definition) is 6. The summed E-state index contributed by atoms with van der Waals surface area (Å²) in [4.78, 5) is 28.4. The topological polar surface area (TPSA) is 94.9 Å². The normalized spacial score (nSPS) is 15.4. The number of aliphatic carboxylic acids is 1. The second kappa shape index (κ2) is 10.2. The molecule has 8 heteroatoms. The van der Waals surface area contributed by atoms with Crippen molar-refractivity contribution in [2.45, 2.75) is 45.6 Å². The minimum Gasteiger partial charge on any atom is -0.550 e. The fourth-order valence-corrected chi connectivity index (χ4v) is 4.31. The number of ether oxygens (including phenoxy) is 1. The molecular formula is C26H25ClN3O4-. The predicted octanol–water partition coefficient (Wildman–Crippen LogP) is 4.19. The van der Waals surface area contributed by atoms with E-state index in [0.29, 0.717) is 23.7 Å². The van der Waals surface area contributed by atoms with Crippen LogP contribution in [0.15, 0.2) is 53.6 Å². The van der Waals surface area contributed by atoms with Crippen molar-refractivity contribution in [2.24, 2.45) is 5.10 Å². The van der Waals surface area contributed by atoms with Crippen LogP contribution in [0, 0.1) is 6.92 Å². The molecule has 1 amide bonds. The maximum absolute atomic E-state index is 13.1. The van der Waals surface area contributed by atoms with E-state index >= 15 is 0 Å². The zero-order valence-corrected chi connectivity index (χ0v) is 19.8. The quantitative estimate of drug-likeness (QED) is 0.452. The number of carbonyl (C=O) groups is 2. The van der Waals surface area contributed by atoms with Crippen LogP contribution in [0.3, 0.4) is 0 Å². The van der Waals surface area contributed by atoms with Gasteiger partial charge in [0.25, 0.3) is 0 Å². The molecule has 0 fully saturated rings. The van der Waals surface area contributed by atoms with Crippen LogP contribution in [0.4, 0.5) is 0 Å². The van der Waals surface area contributed by atoms with E-state index in [-0.39, 0.29) is 25.2 Å². The standard InChI is InChI=1S/C26H26ClN3O4/c1-3-34-19-11-12-21-18(13-19)14-20(26(27)28-21)23-15-22(17-9-7-16(2)8-10-17)29-30(23)24(31)5-4-6-25(32)33/h7-14,23H,3-6,15H2,1-2H3,(H,32,33)/p-1. The summed E-state index contributed by atoms with van der Waals surface area (Å²) < 4.78 is 5.62. The summed E-state index contributed by atoms with van der Waals surface area (Å²) in [5, 5.41) is 18.0. The molecule has 0 aliphatic carbocycles. The summed E-state index contributed by atoms with van der Waals surface area (Å²) in [6, 6.07) is 15.0. The largest absolute Gasteiger partial charge is 0.550 e. The molecule has 1 aliphatic rings. The van der Waals surface area contributed by atoms with Crippen molar-refractivity contribution in [3.63, 3.8) is 0 Å². The van der Waals surface area contributed by atoms with Gasteiger partial charge in [-0.3, -0.25) is 4.79 Å². The number of hydrazone groups is 1. The number of aromatic nitrogens is 1. The van der Waals surface area contributed by atoms with Gasteiger partial charge in [-0.25, -0.2) is 9.99 Å². The minimum atomic E-state index is -1.18. The molecule has 1 aromatic heterocycles. The first-order chi connectivity index (χ1) is 16.4. The van der Waals surface area contributed by atoms with Gasteiger partial charge in [-0.15, -0.1) is 0 Å². The fourth-order valence-electron chi connectivity index (χ4n) is 4.04. The van der Waals surface area contributed by atoms with Crippen molar-refractivity contribution in [1.82, 2.24) is 9.99 Å². The van der Waals surface area contributed by atoms with Gasteiger partial charge < -0.3 is 14.6 Å². The van der Waals surface area contributed by atoms with Crippen LogP contribution in [-0.4, -0.2) is 34.2 Å². The fraction of sp³-hybridized carbons (Fsp3) is 0.308. The van der Waals surface area contributed by atoms with Crippen molar-refractivity contribution in [3.05, 3.63) is 70.4 Å². The third kappa shape index (κ3) is 5.20. The van der Waals surface area contributed by atoms with E-state index in [1.807, 2.05) is 62.4 Å². The average Bonchev–Trinajstić information content (AvgIpc) is 3.24. The zero-order chi connectivity index (χ0) is 24.2. The van der Waals surface area contributed by atoms with Crippen LogP contribution < -0.4 is 9.84 Å². The Morgan fingerprint density at radius 1 is 1.15 bits per heavy atom. The van der Waals surface area contributed by atoms with Crippen molar-refractivity contribution in [2.75, 3.05) is 6.61 Å². The van der Waals surface area contributed by atoms with Crippen LogP contribution >= 0.6 is 11.6 Å². The number of amides is 1. The SMILES string of the molecule is CCOc1ccc2nc(Cl)c(C3CC(c4ccc(C)cc4)=NN3C(=O)CCCC(=O)[O-])cc2c1. The molecule has 176 valence electrons. The number of carbonyl (C=O) groups excluding carboxylic acids is 2. The number of nitrogens with zero attached hydrogens (tertiary/aromatic N) is 3. The first-order valence-corrected chi connectivity index (χ1v) is 11.6. The predicted molar refractivity (Wildman–Crippen MR) is 129 cm³/mol. The lowest BCUT2D eigenvalue weighted by Crippen LogP contribution is -2.28. The second-order valence-corrected chi connectivity index (χ2v) is 8.61. The van der Waals surface area contributed by atoms with E-state index in [0.717, 1.165) is 33.5 Å².